The molecule has 1 saturated carbocycles. The van der Waals surface area contributed by atoms with E-state index in [-0.39, 0.29) is 11.9 Å². The SMILES string of the molecule is CC(NCCCC(=O)NC1CC1)c1cc(F)ccc1F. The van der Waals surface area contributed by atoms with E-state index in [4.69, 9.17) is 0 Å². The van der Waals surface area contributed by atoms with Crippen molar-refractivity contribution in [2.45, 2.75) is 44.7 Å². The van der Waals surface area contributed by atoms with Crippen molar-refractivity contribution in [2.24, 2.45) is 0 Å². The Labute approximate surface area is 117 Å². The lowest BCUT2D eigenvalue weighted by Crippen LogP contribution is -2.27. The first-order chi connectivity index (χ1) is 9.56. The molecule has 1 fully saturated rings. The number of carbonyl (C=O) groups excluding carboxylic acids is 1. The van der Waals surface area contributed by atoms with Crippen LogP contribution in [0.5, 0.6) is 0 Å². The van der Waals surface area contributed by atoms with Gasteiger partial charge in [-0.3, -0.25) is 4.79 Å². The van der Waals surface area contributed by atoms with Gasteiger partial charge in [-0.2, -0.15) is 0 Å². The summed E-state index contributed by atoms with van der Waals surface area (Å²) in [6.07, 6.45) is 3.31. The van der Waals surface area contributed by atoms with E-state index < -0.39 is 11.6 Å². The number of halogens is 2. The van der Waals surface area contributed by atoms with E-state index in [1.807, 2.05) is 0 Å². The largest absolute Gasteiger partial charge is 0.353 e. The Bertz CT molecular complexity index is 475. The van der Waals surface area contributed by atoms with Crippen LogP contribution < -0.4 is 10.6 Å². The average molecular weight is 282 g/mol. The Morgan fingerprint density at radius 3 is 2.85 bits per heavy atom. The third-order valence-electron chi connectivity index (χ3n) is 3.40. The van der Waals surface area contributed by atoms with Crippen LogP contribution in [0.25, 0.3) is 0 Å². The Morgan fingerprint density at radius 1 is 1.40 bits per heavy atom. The van der Waals surface area contributed by atoms with Crippen molar-refractivity contribution in [3.05, 3.63) is 35.4 Å². The van der Waals surface area contributed by atoms with Gasteiger partial charge in [-0.05, 0) is 50.9 Å². The molecule has 2 rings (SSSR count). The van der Waals surface area contributed by atoms with Crippen LogP contribution in [0, 0.1) is 11.6 Å². The summed E-state index contributed by atoms with van der Waals surface area (Å²) in [4.78, 5) is 11.5. The molecule has 1 aliphatic rings. The molecule has 20 heavy (non-hydrogen) atoms. The van der Waals surface area contributed by atoms with Gasteiger partial charge in [0.1, 0.15) is 11.6 Å². The molecule has 0 radical (unpaired) electrons. The summed E-state index contributed by atoms with van der Waals surface area (Å²) in [6.45, 7) is 2.37. The molecule has 110 valence electrons. The van der Waals surface area contributed by atoms with Crippen LogP contribution in [0.3, 0.4) is 0 Å². The monoisotopic (exact) mass is 282 g/mol. The van der Waals surface area contributed by atoms with Crippen molar-refractivity contribution in [1.29, 1.82) is 0 Å². The predicted octanol–water partition coefficient (Wildman–Crippen LogP) is 2.67. The van der Waals surface area contributed by atoms with Gasteiger partial charge in [-0.25, -0.2) is 8.78 Å². The van der Waals surface area contributed by atoms with Gasteiger partial charge in [-0.1, -0.05) is 0 Å². The fraction of sp³-hybridized carbons (Fsp3) is 0.533. The van der Waals surface area contributed by atoms with E-state index in [1.54, 1.807) is 6.92 Å². The quantitative estimate of drug-likeness (QED) is 0.755. The van der Waals surface area contributed by atoms with E-state index in [2.05, 4.69) is 10.6 Å². The van der Waals surface area contributed by atoms with Crippen LogP contribution in [0.1, 0.15) is 44.2 Å². The van der Waals surface area contributed by atoms with Crippen molar-refractivity contribution < 1.29 is 13.6 Å². The number of benzene rings is 1. The van der Waals surface area contributed by atoms with Gasteiger partial charge in [-0.15, -0.1) is 0 Å². The van der Waals surface area contributed by atoms with Gasteiger partial charge >= 0.3 is 0 Å². The van der Waals surface area contributed by atoms with Crippen molar-refractivity contribution >= 4 is 5.91 Å². The fourth-order valence-corrected chi connectivity index (χ4v) is 2.05. The van der Waals surface area contributed by atoms with Crippen LogP contribution in [0.2, 0.25) is 0 Å². The second-order valence-electron chi connectivity index (χ2n) is 5.29. The van der Waals surface area contributed by atoms with Crippen molar-refractivity contribution in [3.63, 3.8) is 0 Å². The summed E-state index contributed by atoms with van der Waals surface area (Å²) >= 11 is 0. The summed E-state index contributed by atoms with van der Waals surface area (Å²) in [7, 11) is 0. The number of hydrogen-bond donors (Lipinski definition) is 2. The van der Waals surface area contributed by atoms with Crippen LogP contribution in [0.15, 0.2) is 18.2 Å². The van der Waals surface area contributed by atoms with E-state index in [0.717, 1.165) is 25.0 Å². The van der Waals surface area contributed by atoms with Crippen molar-refractivity contribution in [2.75, 3.05) is 6.54 Å². The highest BCUT2D eigenvalue weighted by Gasteiger charge is 2.22. The maximum absolute atomic E-state index is 13.5. The third kappa shape index (κ3) is 4.56. The molecule has 0 heterocycles. The zero-order valence-electron chi connectivity index (χ0n) is 11.6. The summed E-state index contributed by atoms with van der Waals surface area (Å²) < 4.78 is 26.6. The summed E-state index contributed by atoms with van der Waals surface area (Å²) in [5.74, 6) is -0.796. The molecule has 0 spiro atoms. The van der Waals surface area contributed by atoms with Crippen LogP contribution >= 0.6 is 0 Å². The molecule has 1 amide bonds. The minimum Gasteiger partial charge on any atom is -0.353 e. The lowest BCUT2D eigenvalue weighted by atomic mass is 10.1. The smallest absolute Gasteiger partial charge is 0.220 e. The highest BCUT2D eigenvalue weighted by molar-refractivity contribution is 5.76. The van der Waals surface area contributed by atoms with Gasteiger partial charge in [0, 0.05) is 24.1 Å². The molecule has 1 aromatic rings. The average Bonchev–Trinajstić information content (AvgIpc) is 3.21. The first-order valence-corrected chi connectivity index (χ1v) is 7.04. The molecular weight excluding hydrogens is 262 g/mol. The predicted molar refractivity (Wildman–Crippen MR) is 73.2 cm³/mol. The Hall–Kier alpha value is -1.49. The normalized spacial score (nSPS) is 15.9. The van der Waals surface area contributed by atoms with Crippen LogP contribution in [-0.4, -0.2) is 18.5 Å². The second kappa shape index (κ2) is 6.79. The molecule has 0 bridgehead atoms. The number of rotatable bonds is 7. The highest BCUT2D eigenvalue weighted by atomic mass is 19.1. The first kappa shape index (κ1) is 14.9. The summed E-state index contributed by atoms with van der Waals surface area (Å²) in [5.41, 5.74) is 0.312. The van der Waals surface area contributed by atoms with E-state index in [1.165, 1.54) is 6.07 Å². The molecule has 3 nitrogen and oxygen atoms in total. The van der Waals surface area contributed by atoms with E-state index in [9.17, 15) is 13.6 Å². The topological polar surface area (TPSA) is 41.1 Å². The van der Waals surface area contributed by atoms with Gasteiger partial charge in [0.25, 0.3) is 0 Å². The molecule has 2 N–H and O–H groups in total. The molecule has 0 aromatic heterocycles. The van der Waals surface area contributed by atoms with Crippen LogP contribution in [-0.2, 0) is 4.79 Å². The third-order valence-corrected chi connectivity index (χ3v) is 3.40. The maximum atomic E-state index is 13.5. The molecule has 1 aliphatic carbocycles. The van der Waals surface area contributed by atoms with Crippen LogP contribution in [0.4, 0.5) is 8.78 Å². The van der Waals surface area contributed by atoms with Crippen molar-refractivity contribution in [1.82, 2.24) is 10.6 Å². The van der Waals surface area contributed by atoms with Gasteiger partial charge in [0.05, 0.1) is 0 Å². The second-order valence-corrected chi connectivity index (χ2v) is 5.29. The first-order valence-electron chi connectivity index (χ1n) is 7.04. The summed E-state index contributed by atoms with van der Waals surface area (Å²) in [5, 5.41) is 6.02. The standard InChI is InChI=1S/C15H20F2N2O/c1-10(13-9-11(16)4-7-14(13)17)18-8-2-3-15(20)19-12-5-6-12/h4,7,9-10,12,18H,2-3,5-6,8H2,1H3,(H,19,20). The van der Waals surface area contributed by atoms with Gasteiger partial charge in [0.15, 0.2) is 0 Å². The molecule has 1 aromatic carbocycles. The molecule has 0 saturated heterocycles. The lowest BCUT2D eigenvalue weighted by Gasteiger charge is -2.15. The number of carbonyl (C=O) groups is 1. The van der Waals surface area contributed by atoms with E-state index >= 15 is 0 Å². The zero-order valence-corrected chi connectivity index (χ0v) is 11.6. The molecule has 1 unspecified atom stereocenters. The van der Waals surface area contributed by atoms with Gasteiger partial charge < -0.3 is 10.6 Å². The highest BCUT2D eigenvalue weighted by Crippen LogP contribution is 2.19. The Balaban J connectivity index is 1.70. The maximum Gasteiger partial charge on any atom is 0.220 e. The number of nitrogens with one attached hydrogen (secondary N) is 2. The molecule has 5 heteroatoms. The lowest BCUT2D eigenvalue weighted by molar-refractivity contribution is -0.121. The van der Waals surface area contributed by atoms with Crippen molar-refractivity contribution in [3.8, 4) is 0 Å². The molecular formula is C15H20F2N2O. The minimum atomic E-state index is -0.445. The molecule has 1 atom stereocenters. The fourth-order valence-electron chi connectivity index (χ4n) is 2.05. The van der Waals surface area contributed by atoms with E-state index in [0.29, 0.717) is 31.0 Å². The zero-order chi connectivity index (χ0) is 14.5. The molecule has 0 aliphatic heterocycles. The number of amides is 1. The Morgan fingerprint density at radius 2 is 2.15 bits per heavy atom. The number of hydrogen-bond acceptors (Lipinski definition) is 2. The summed E-state index contributed by atoms with van der Waals surface area (Å²) in [6, 6.07) is 3.54. The van der Waals surface area contributed by atoms with Gasteiger partial charge in [0.2, 0.25) is 5.91 Å². The minimum absolute atomic E-state index is 0.0684. The Kier molecular flexibility index (Phi) is 5.06.